The molecular weight excluding hydrogens is 316 g/mol. The lowest BCUT2D eigenvalue weighted by Crippen LogP contribution is -2.37. The number of aromatic amines is 1. The topological polar surface area (TPSA) is 71.2 Å². The molecule has 132 valence electrons. The molecule has 5 nitrogen and oxygen atoms in total. The lowest BCUT2D eigenvalue weighted by molar-refractivity contribution is -0.127. The number of rotatable bonds is 5. The van der Waals surface area contributed by atoms with Gasteiger partial charge in [-0.25, -0.2) is 0 Å². The van der Waals surface area contributed by atoms with E-state index in [-0.39, 0.29) is 18.0 Å². The highest BCUT2D eigenvalue weighted by molar-refractivity contribution is 5.80. The molecule has 1 unspecified atom stereocenters. The molecule has 5 heteroatoms. The Kier molecular flexibility index (Phi) is 4.93. The van der Waals surface area contributed by atoms with E-state index >= 15 is 0 Å². The first-order chi connectivity index (χ1) is 11.9. The van der Waals surface area contributed by atoms with Crippen LogP contribution in [0.1, 0.15) is 41.3 Å². The summed E-state index contributed by atoms with van der Waals surface area (Å²) in [6.07, 6.45) is 2.75. The van der Waals surface area contributed by atoms with Crippen LogP contribution >= 0.6 is 0 Å². The molecule has 0 saturated heterocycles. The molecule has 1 aromatic heterocycles. The second-order valence-electron chi connectivity index (χ2n) is 6.70. The number of hydrogen-bond acceptors (Lipinski definition) is 3. The fourth-order valence-electron chi connectivity index (χ4n) is 3.30. The first kappa shape index (κ1) is 17.3. The first-order valence-corrected chi connectivity index (χ1v) is 8.69. The Bertz CT molecular complexity index is 855. The van der Waals surface area contributed by atoms with E-state index in [1.807, 2.05) is 32.0 Å². The molecule has 1 aliphatic rings. The number of pyridine rings is 1. The summed E-state index contributed by atoms with van der Waals surface area (Å²) in [5, 5.41) is 2.79. The Balaban J connectivity index is 1.61. The molecule has 0 fully saturated rings. The molecule has 2 N–H and O–H groups in total. The molecule has 1 heterocycles. The number of aryl methyl sites for hydroxylation is 4. The van der Waals surface area contributed by atoms with Gasteiger partial charge in [0.05, 0.1) is 0 Å². The SMILES string of the molecule is Cc1cc(C)c(CNC(=O)C(C)Oc2ccc3c(c2)CCC3)c(=O)[nH]1. The van der Waals surface area contributed by atoms with E-state index in [2.05, 4.69) is 16.4 Å². The number of amides is 1. The largest absolute Gasteiger partial charge is 0.481 e. The van der Waals surface area contributed by atoms with Crippen LogP contribution in [-0.2, 0) is 24.2 Å². The van der Waals surface area contributed by atoms with Gasteiger partial charge in [0.2, 0.25) is 0 Å². The Morgan fingerprint density at radius 3 is 2.76 bits per heavy atom. The van der Waals surface area contributed by atoms with Crippen LogP contribution in [0.5, 0.6) is 5.75 Å². The number of hydrogen-bond donors (Lipinski definition) is 2. The smallest absolute Gasteiger partial charge is 0.261 e. The summed E-state index contributed by atoms with van der Waals surface area (Å²) in [6, 6.07) is 7.93. The standard InChI is InChI=1S/C20H24N2O3/c1-12-9-13(2)22-20(24)18(12)11-21-19(23)14(3)25-17-8-7-15-5-4-6-16(15)10-17/h7-10,14H,4-6,11H2,1-3H3,(H,21,23)(H,22,24). The number of carbonyl (C=O) groups excluding carboxylic acids is 1. The zero-order valence-electron chi connectivity index (χ0n) is 14.9. The maximum absolute atomic E-state index is 12.3. The van der Waals surface area contributed by atoms with E-state index in [1.54, 1.807) is 6.92 Å². The van der Waals surface area contributed by atoms with Crippen molar-refractivity contribution in [2.75, 3.05) is 0 Å². The second kappa shape index (κ2) is 7.13. The predicted molar refractivity (Wildman–Crippen MR) is 96.9 cm³/mol. The van der Waals surface area contributed by atoms with Crippen molar-refractivity contribution in [3.05, 3.63) is 62.6 Å². The van der Waals surface area contributed by atoms with Crippen LogP contribution in [0.2, 0.25) is 0 Å². The minimum Gasteiger partial charge on any atom is -0.481 e. The summed E-state index contributed by atoms with van der Waals surface area (Å²) >= 11 is 0. The Labute approximate surface area is 147 Å². The summed E-state index contributed by atoms with van der Waals surface area (Å²) in [4.78, 5) is 27.1. The van der Waals surface area contributed by atoms with Gasteiger partial charge >= 0.3 is 0 Å². The van der Waals surface area contributed by atoms with Gasteiger partial charge < -0.3 is 15.0 Å². The van der Waals surface area contributed by atoms with Crippen LogP contribution in [0, 0.1) is 13.8 Å². The van der Waals surface area contributed by atoms with Gasteiger partial charge in [0.1, 0.15) is 5.75 Å². The maximum atomic E-state index is 12.3. The third kappa shape index (κ3) is 3.92. The number of ether oxygens (including phenoxy) is 1. The van der Waals surface area contributed by atoms with Gasteiger partial charge in [0, 0.05) is 17.8 Å². The molecule has 2 aromatic rings. The van der Waals surface area contributed by atoms with Crippen molar-refractivity contribution in [2.45, 2.75) is 52.7 Å². The van der Waals surface area contributed by atoms with Gasteiger partial charge in [-0.05, 0) is 74.9 Å². The summed E-state index contributed by atoms with van der Waals surface area (Å²) < 4.78 is 5.77. The van der Waals surface area contributed by atoms with Gasteiger partial charge in [-0.15, -0.1) is 0 Å². The molecule has 25 heavy (non-hydrogen) atoms. The van der Waals surface area contributed by atoms with Crippen molar-refractivity contribution in [1.82, 2.24) is 10.3 Å². The predicted octanol–water partition coefficient (Wildman–Crippen LogP) is 2.56. The van der Waals surface area contributed by atoms with E-state index in [0.717, 1.165) is 24.1 Å². The fraction of sp³-hybridized carbons (Fsp3) is 0.400. The summed E-state index contributed by atoms with van der Waals surface area (Å²) in [7, 11) is 0. The van der Waals surface area contributed by atoms with Crippen molar-refractivity contribution in [3.63, 3.8) is 0 Å². The van der Waals surface area contributed by atoms with E-state index in [9.17, 15) is 9.59 Å². The lowest BCUT2D eigenvalue weighted by atomic mass is 10.1. The molecule has 1 aliphatic carbocycles. The van der Waals surface area contributed by atoms with Crippen molar-refractivity contribution < 1.29 is 9.53 Å². The Morgan fingerprint density at radius 1 is 1.24 bits per heavy atom. The van der Waals surface area contributed by atoms with Crippen LogP contribution in [0.3, 0.4) is 0 Å². The van der Waals surface area contributed by atoms with Gasteiger partial charge in [0.25, 0.3) is 11.5 Å². The molecule has 0 saturated carbocycles. The molecule has 1 aromatic carbocycles. The van der Waals surface area contributed by atoms with Crippen molar-refractivity contribution in [2.24, 2.45) is 0 Å². The minimum atomic E-state index is -0.621. The third-order valence-electron chi connectivity index (χ3n) is 4.69. The van der Waals surface area contributed by atoms with Crippen LogP contribution < -0.4 is 15.6 Å². The zero-order chi connectivity index (χ0) is 18.0. The fourth-order valence-corrected chi connectivity index (χ4v) is 3.30. The Hall–Kier alpha value is -2.56. The highest BCUT2D eigenvalue weighted by Gasteiger charge is 2.17. The minimum absolute atomic E-state index is 0.162. The van der Waals surface area contributed by atoms with Crippen molar-refractivity contribution in [3.8, 4) is 5.75 Å². The van der Waals surface area contributed by atoms with Gasteiger partial charge in [-0.1, -0.05) is 6.07 Å². The summed E-state index contributed by atoms with van der Waals surface area (Å²) in [5.74, 6) is 0.479. The summed E-state index contributed by atoms with van der Waals surface area (Å²) in [6.45, 7) is 5.62. The Morgan fingerprint density at radius 2 is 2.00 bits per heavy atom. The number of aromatic nitrogens is 1. The lowest BCUT2D eigenvalue weighted by Gasteiger charge is -2.16. The number of H-pyrrole nitrogens is 1. The monoisotopic (exact) mass is 340 g/mol. The summed E-state index contributed by atoms with van der Waals surface area (Å²) in [5.41, 5.74) is 4.78. The molecule has 0 spiro atoms. The number of benzene rings is 1. The second-order valence-corrected chi connectivity index (χ2v) is 6.70. The normalized spacial score (nSPS) is 14.0. The molecule has 0 radical (unpaired) electrons. The van der Waals surface area contributed by atoms with Gasteiger partial charge in [-0.3, -0.25) is 9.59 Å². The molecule has 1 atom stereocenters. The first-order valence-electron chi connectivity index (χ1n) is 8.69. The van der Waals surface area contributed by atoms with Crippen molar-refractivity contribution >= 4 is 5.91 Å². The van der Waals surface area contributed by atoms with Crippen LogP contribution in [0.25, 0.3) is 0 Å². The number of carbonyl (C=O) groups is 1. The highest BCUT2D eigenvalue weighted by atomic mass is 16.5. The van der Waals surface area contributed by atoms with Crippen LogP contribution in [0.15, 0.2) is 29.1 Å². The average molecular weight is 340 g/mol. The van der Waals surface area contributed by atoms with E-state index in [1.165, 1.54) is 17.5 Å². The van der Waals surface area contributed by atoms with Gasteiger partial charge in [0.15, 0.2) is 6.10 Å². The van der Waals surface area contributed by atoms with E-state index in [4.69, 9.17) is 4.74 Å². The van der Waals surface area contributed by atoms with E-state index in [0.29, 0.717) is 11.3 Å². The average Bonchev–Trinajstić information content (AvgIpc) is 3.01. The van der Waals surface area contributed by atoms with Crippen LogP contribution in [-0.4, -0.2) is 17.0 Å². The van der Waals surface area contributed by atoms with Crippen molar-refractivity contribution in [1.29, 1.82) is 0 Å². The van der Waals surface area contributed by atoms with Crippen LogP contribution in [0.4, 0.5) is 0 Å². The molecule has 3 rings (SSSR count). The molecule has 0 aliphatic heterocycles. The zero-order valence-corrected chi connectivity index (χ0v) is 14.9. The number of nitrogens with one attached hydrogen (secondary N) is 2. The number of fused-ring (bicyclic) bond motifs is 1. The third-order valence-corrected chi connectivity index (χ3v) is 4.69. The molecule has 1 amide bonds. The quantitative estimate of drug-likeness (QED) is 0.879. The molecular formula is C20H24N2O3. The maximum Gasteiger partial charge on any atom is 0.261 e. The van der Waals surface area contributed by atoms with Gasteiger partial charge in [-0.2, -0.15) is 0 Å². The van der Waals surface area contributed by atoms with E-state index < -0.39 is 6.10 Å². The highest BCUT2D eigenvalue weighted by Crippen LogP contribution is 2.26. The molecule has 0 bridgehead atoms.